The van der Waals surface area contributed by atoms with E-state index in [-0.39, 0.29) is 0 Å². The largest absolute Gasteiger partial charge is 0.313 e. The standard InChI is InChI=1S/C9H14ClN3/c1-7-2-3-8(4-7)13-6-11-12-9(13)5-10/h6-8H,2-5H2,1H3. The van der Waals surface area contributed by atoms with Crippen molar-refractivity contribution in [3.8, 4) is 0 Å². The Morgan fingerprint density at radius 1 is 1.62 bits per heavy atom. The van der Waals surface area contributed by atoms with Gasteiger partial charge in [-0.05, 0) is 25.2 Å². The summed E-state index contributed by atoms with van der Waals surface area (Å²) in [6, 6.07) is 0.582. The van der Waals surface area contributed by atoms with E-state index in [1.165, 1.54) is 19.3 Å². The zero-order valence-corrected chi connectivity index (χ0v) is 8.54. The summed E-state index contributed by atoms with van der Waals surface area (Å²) in [5, 5.41) is 7.88. The average molecular weight is 200 g/mol. The third-order valence-electron chi connectivity index (χ3n) is 2.83. The van der Waals surface area contributed by atoms with Crippen LogP contribution in [0.2, 0.25) is 0 Å². The van der Waals surface area contributed by atoms with Crippen molar-refractivity contribution < 1.29 is 0 Å². The van der Waals surface area contributed by atoms with Gasteiger partial charge in [0.1, 0.15) is 12.2 Å². The Hall–Kier alpha value is -0.570. The summed E-state index contributed by atoms with van der Waals surface area (Å²) in [6.45, 7) is 2.30. The molecular formula is C9H14ClN3. The van der Waals surface area contributed by atoms with Gasteiger partial charge in [-0.15, -0.1) is 21.8 Å². The van der Waals surface area contributed by atoms with Crippen molar-refractivity contribution in [2.24, 2.45) is 5.92 Å². The molecule has 0 amide bonds. The molecule has 1 aliphatic carbocycles. The fraction of sp³-hybridized carbons (Fsp3) is 0.778. The Morgan fingerprint density at radius 2 is 2.46 bits per heavy atom. The fourth-order valence-electron chi connectivity index (χ4n) is 2.10. The van der Waals surface area contributed by atoms with E-state index in [0.717, 1.165) is 11.7 Å². The minimum Gasteiger partial charge on any atom is -0.313 e. The van der Waals surface area contributed by atoms with E-state index >= 15 is 0 Å². The molecule has 1 aliphatic rings. The molecule has 1 aromatic rings. The van der Waals surface area contributed by atoms with Crippen LogP contribution in [0.3, 0.4) is 0 Å². The van der Waals surface area contributed by atoms with Gasteiger partial charge in [0.2, 0.25) is 0 Å². The van der Waals surface area contributed by atoms with Crippen molar-refractivity contribution in [1.29, 1.82) is 0 Å². The van der Waals surface area contributed by atoms with E-state index in [0.29, 0.717) is 11.9 Å². The molecule has 0 spiro atoms. The second-order valence-electron chi connectivity index (χ2n) is 3.86. The topological polar surface area (TPSA) is 30.7 Å². The lowest BCUT2D eigenvalue weighted by Crippen LogP contribution is -2.07. The highest BCUT2D eigenvalue weighted by molar-refractivity contribution is 6.16. The molecule has 0 bridgehead atoms. The number of aromatic nitrogens is 3. The number of alkyl halides is 1. The second kappa shape index (κ2) is 3.66. The molecule has 72 valence electrons. The summed E-state index contributed by atoms with van der Waals surface area (Å²) in [5.41, 5.74) is 0. The SMILES string of the molecule is CC1CCC(n2cnnc2CCl)C1. The molecule has 2 atom stereocenters. The smallest absolute Gasteiger partial charge is 0.148 e. The van der Waals surface area contributed by atoms with Crippen LogP contribution in [-0.4, -0.2) is 14.8 Å². The highest BCUT2D eigenvalue weighted by Gasteiger charge is 2.24. The zero-order valence-electron chi connectivity index (χ0n) is 7.78. The van der Waals surface area contributed by atoms with Crippen LogP contribution in [0, 0.1) is 5.92 Å². The second-order valence-corrected chi connectivity index (χ2v) is 4.13. The van der Waals surface area contributed by atoms with Crippen LogP contribution in [0.15, 0.2) is 6.33 Å². The van der Waals surface area contributed by atoms with Gasteiger partial charge in [-0.1, -0.05) is 6.92 Å². The van der Waals surface area contributed by atoms with Gasteiger partial charge in [0.15, 0.2) is 0 Å². The summed E-state index contributed by atoms with van der Waals surface area (Å²) in [6.07, 6.45) is 5.59. The molecule has 4 heteroatoms. The van der Waals surface area contributed by atoms with E-state index in [4.69, 9.17) is 11.6 Å². The highest BCUT2D eigenvalue weighted by atomic mass is 35.5. The van der Waals surface area contributed by atoms with Crippen LogP contribution in [0.1, 0.15) is 38.1 Å². The van der Waals surface area contributed by atoms with Crippen molar-refractivity contribution in [2.75, 3.05) is 0 Å². The first kappa shape index (κ1) is 9.00. The van der Waals surface area contributed by atoms with Crippen LogP contribution in [0.4, 0.5) is 0 Å². The first-order valence-electron chi connectivity index (χ1n) is 4.75. The van der Waals surface area contributed by atoms with Crippen LogP contribution in [0.25, 0.3) is 0 Å². The van der Waals surface area contributed by atoms with E-state index in [1.807, 2.05) is 0 Å². The van der Waals surface area contributed by atoms with Gasteiger partial charge in [0.05, 0.1) is 5.88 Å². The molecular weight excluding hydrogens is 186 g/mol. The predicted molar refractivity (Wildman–Crippen MR) is 51.6 cm³/mol. The Morgan fingerprint density at radius 3 is 3.08 bits per heavy atom. The van der Waals surface area contributed by atoms with Gasteiger partial charge < -0.3 is 4.57 Å². The molecule has 0 aromatic carbocycles. The Bertz CT molecular complexity index is 284. The summed E-state index contributed by atoms with van der Waals surface area (Å²) < 4.78 is 2.14. The van der Waals surface area contributed by atoms with Crippen LogP contribution >= 0.6 is 11.6 Å². The normalized spacial score (nSPS) is 28.2. The van der Waals surface area contributed by atoms with E-state index in [9.17, 15) is 0 Å². The van der Waals surface area contributed by atoms with Crippen molar-refractivity contribution in [3.63, 3.8) is 0 Å². The highest BCUT2D eigenvalue weighted by Crippen LogP contribution is 2.34. The summed E-state index contributed by atoms with van der Waals surface area (Å²) in [5.74, 6) is 2.20. The zero-order chi connectivity index (χ0) is 9.26. The molecule has 2 rings (SSSR count). The minimum atomic E-state index is 0.463. The van der Waals surface area contributed by atoms with Gasteiger partial charge in [0.25, 0.3) is 0 Å². The Balaban J connectivity index is 2.16. The maximum atomic E-state index is 5.76. The van der Waals surface area contributed by atoms with Crippen molar-refractivity contribution in [3.05, 3.63) is 12.2 Å². The molecule has 3 nitrogen and oxygen atoms in total. The summed E-state index contributed by atoms with van der Waals surface area (Å²) in [7, 11) is 0. The van der Waals surface area contributed by atoms with Gasteiger partial charge in [0, 0.05) is 6.04 Å². The third-order valence-corrected chi connectivity index (χ3v) is 3.07. The molecule has 2 unspecified atom stereocenters. The van der Waals surface area contributed by atoms with Crippen LogP contribution < -0.4 is 0 Å². The number of hydrogen-bond acceptors (Lipinski definition) is 2. The fourth-order valence-corrected chi connectivity index (χ4v) is 2.29. The van der Waals surface area contributed by atoms with Gasteiger partial charge in [-0.2, -0.15) is 0 Å². The number of hydrogen-bond donors (Lipinski definition) is 0. The Labute approximate surface area is 83.1 Å². The first-order valence-corrected chi connectivity index (χ1v) is 5.29. The lowest BCUT2D eigenvalue weighted by molar-refractivity contribution is 0.481. The number of halogens is 1. The lowest BCUT2D eigenvalue weighted by atomic mass is 10.1. The van der Waals surface area contributed by atoms with E-state index in [2.05, 4.69) is 21.7 Å². The molecule has 1 saturated carbocycles. The maximum Gasteiger partial charge on any atom is 0.148 e. The number of rotatable bonds is 2. The van der Waals surface area contributed by atoms with Crippen molar-refractivity contribution in [2.45, 2.75) is 38.1 Å². The van der Waals surface area contributed by atoms with Gasteiger partial charge >= 0.3 is 0 Å². The van der Waals surface area contributed by atoms with E-state index in [1.54, 1.807) is 6.33 Å². The van der Waals surface area contributed by atoms with E-state index < -0.39 is 0 Å². The molecule has 0 saturated heterocycles. The molecule has 0 radical (unpaired) electrons. The lowest BCUT2D eigenvalue weighted by Gasteiger charge is -2.12. The minimum absolute atomic E-state index is 0.463. The number of nitrogens with zero attached hydrogens (tertiary/aromatic N) is 3. The Kier molecular flexibility index (Phi) is 2.54. The summed E-state index contributed by atoms with van der Waals surface area (Å²) >= 11 is 5.76. The van der Waals surface area contributed by atoms with Gasteiger partial charge in [-0.3, -0.25) is 0 Å². The van der Waals surface area contributed by atoms with Crippen LogP contribution in [0.5, 0.6) is 0 Å². The molecule has 1 aromatic heterocycles. The van der Waals surface area contributed by atoms with Crippen molar-refractivity contribution in [1.82, 2.24) is 14.8 Å². The quantitative estimate of drug-likeness (QED) is 0.685. The predicted octanol–water partition coefficient (Wildman–Crippen LogP) is 2.38. The molecule has 13 heavy (non-hydrogen) atoms. The first-order chi connectivity index (χ1) is 6.31. The third kappa shape index (κ3) is 1.70. The van der Waals surface area contributed by atoms with Gasteiger partial charge in [-0.25, -0.2) is 0 Å². The average Bonchev–Trinajstić information content (AvgIpc) is 2.71. The molecule has 1 fully saturated rings. The van der Waals surface area contributed by atoms with Crippen molar-refractivity contribution >= 4 is 11.6 Å². The van der Waals surface area contributed by atoms with Crippen LogP contribution in [-0.2, 0) is 5.88 Å². The summed E-state index contributed by atoms with van der Waals surface area (Å²) in [4.78, 5) is 0. The molecule has 0 N–H and O–H groups in total. The molecule has 1 heterocycles. The maximum absolute atomic E-state index is 5.76. The monoisotopic (exact) mass is 199 g/mol. The molecule has 0 aliphatic heterocycles.